The number of rotatable bonds is 9. The van der Waals surface area contributed by atoms with Crippen LogP contribution in [-0.2, 0) is 12.8 Å². The van der Waals surface area contributed by atoms with Crippen LogP contribution in [0.4, 0.5) is 0 Å². The van der Waals surface area contributed by atoms with Gasteiger partial charge in [0.15, 0.2) is 0 Å². The van der Waals surface area contributed by atoms with Gasteiger partial charge in [-0.3, -0.25) is 9.80 Å². The number of likely N-dealkylation sites (N-methyl/N-ethyl adjacent to an activating group) is 1. The number of aromatic nitrogens is 1. The molecule has 4 rings (SSSR count). The molecule has 2 heterocycles. The summed E-state index contributed by atoms with van der Waals surface area (Å²) in [6.07, 6.45) is 4.42. The Balaban J connectivity index is 1.41. The average molecular weight is 419 g/mol. The summed E-state index contributed by atoms with van der Waals surface area (Å²) >= 11 is 0. The number of H-pyrrole nitrogens is 1. The van der Waals surface area contributed by atoms with E-state index < -0.39 is 0 Å². The predicted octanol–water partition coefficient (Wildman–Crippen LogP) is 4.18. The van der Waals surface area contributed by atoms with E-state index >= 15 is 0 Å². The molecule has 4 heteroatoms. The number of hydrogen-bond donors (Lipinski definition) is 2. The van der Waals surface area contributed by atoms with Crippen LogP contribution in [0.15, 0.2) is 60.8 Å². The molecule has 0 radical (unpaired) electrons. The molecule has 2 aromatic carbocycles. The molecule has 0 saturated carbocycles. The molecule has 1 saturated heterocycles. The van der Waals surface area contributed by atoms with Gasteiger partial charge in [0.2, 0.25) is 0 Å². The number of piperazine rings is 1. The molecule has 0 unspecified atom stereocenters. The van der Waals surface area contributed by atoms with E-state index in [1.54, 1.807) is 0 Å². The number of nitrogens with one attached hydrogen (secondary N) is 2. The van der Waals surface area contributed by atoms with Crippen LogP contribution >= 0.6 is 0 Å². The molecule has 2 atom stereocenters. The van der Waals surface area contributed by atoms with Gasteiger partial charge in [0, 0.05) is 61.9 Å². The van der Waals surface area contributed by atoms with Gasteiger partial charge in [-0.05, 0) is 43.0 Å². The monoisotopic (exact) mass is 418 g/mol. The molecule has 2 N–H and O–H groups in total. The lowest BCUT2D eigenvalue weighted by Gasteiger charge is -2.46. The first kappa shape index (κ1) is 22.1. The number of fused-ring (bicyclic) bond motifs is 1. The van der Waals surface area contributed by atoms with Gasteiger partial charge >= 0.3 is 0 Å². The zero-order valence-corrected chi connectivity index (χ0v) is 19.3. The maximum atomic E-state index is 3.44. The third-order valence-corrected chi connectivity index (χ3v) is 6.95. The van der Waals surface area contributed by atoms with Crippen LogP contribution < -0.4 is 5.32 Å². The van der Waals surface area contributed by atoms with Crippen LogP contribution in [0.3, 0.4) is 0 Å². The second-order valence-electron chi connectivity index (χ2n) is 9.35. The fourth-order valence-electron chi connectivity index (χ4n) is 5.17. The van der Waals surface area contributed by atoms with Crippen molar-refractivity contribution in [2.24, 2.45) is 5.92 Å². The highest BCUT2D eigenvalue weighted by atomic mass is 15.3. The molecule has 31 heavy (non-hydrogen) atoms. The minimum atomic E-state index is 0.546. The molecule has 1 aliphatic heterocycles. The second kappa shape index (κ2) is 10.4. The van der Waals surface area contributed by atoms with Gasteiger partial charge in [-0.15, -0.1) is 0 Å². The van der Waals surface area contributed by atoms with Crippen molar-refractivity contribution in [1.29, 1.82) is 0 Å². The molecule has 0 bridgehead atoms. The Labute approximate surface area is 187 Å². The smallest absolute Gasteiger partial charge is 0.0456 e. The van der Waals surface area contributed by atoms with E-state index in [1.807, 2.05) is 0 Å². The zero-order valence-electron chi connectivity index (χ0n) is 19.3. The van der Waals surface area contributed by atoms with Gasteiger partial charge in [-0.1, -0.05) is 62.4 Å². The highest BCUT2D eigenvalue weighted by Crippen LogP contribution is 2.23. The fourth-order valence-corrected chi connectivity index (χ4v) is 5.17. The Kier molecular flexibility index (Phi) is 7.44. The van der Waals surface area contributed by atoms with Gasteiger partial charge in [-0.2, -0.15) is 0 Å². The molecule has 3 aromatic rings. The van der Waals surface area contributed by atoms with Crippen molar-refractivity contribution < 1.29 is 0 Å². The van der Waals surface area contributed by atoms with Crippen LogP contribution in [0.1, 0.15) is 25.0 Å². The Bertz CT molecular complexity index is 933. The van der Waals surface area contributed by atoms with Crippen molar-refractivity contribution in [3.63, 3.8) is 0 Å². The Morgan fingerprint density at radius 1 is 1.03 bits per heavy atom. The third-order valence-electron chi connectivity index (χ3n) is 6.95. The molecule has 1 aromatic heterocycles. The van der Waals surface area contributed by atoms with E-state index in [1.165, 1.54) is 22.0 Å². The molecule has 0 aliphatic carbocycles. The lowest BCUT2D eigenvalue weighted by atomic mass is 9.96. The summed E-state index contributed by atoms with van der Waals surface area (Å²) in [6, 6.07) is 20.8. The van der Waals surface area contributed by atoms with E-state index in [-0.39, 0.29) is 0 Å². The summed E-state index contributed by atoms with van der Waals surface area (Å²) in [4.78, 5) is 8.91. The Hall–Kier alpha value is -2.14. The largest absolute Gasteiger partial charge is 0.361 e. The van der Waals surface area contributed by atoms with Crippen LogP contribution in [-0.4, -0.2) is 66.6 Å². The van der Waals surface area contributed by atoms with Crippen molar-refractivity contribution in [1.82, 2.24) is 20.1 Å². The summed E-state index contributed by atoms with van der Waals surface area (Å²) in [5, 5.41) is 4.82. The first-order valence-electron chi connectivity index (χ1n) is 11.9. The van der Waals surface area contributed by atoms with Gasteiger partial charge in [0.1, 0.15) is 0 Å². The minimum Gasteiger partial charge on any atom is -0.361 e. The summed E-state index contributed by atoms with van der Waals surface area (Å²) in [5.41, 5.74) is 4.13. The van der Waals surface area contributed by atoms with E-state index in [0.29, 0.717) is 18.0 Å². The lowest BCUT2D eigenvalue weighted by Crippen LogP contribution is -2.59. The van der Waals surface area contributed by atoms with Gasteiger partial charge in [0.25, 0.3) is 0 Å². The van der Waals surface area contributed by atoms with E-state index in [4.69, 9.17) is 0 Å². The molecule has 0 spiro atoms. The first-order chi connectivity index (χ1) is 15.2. The second-order valence-corrected chi connectivity index (χ2v) is 9.35. The minimum absolute atomic E-state index is 0.546. The maximum absolute atomic E-state index is 3.44. The summed E-state index contributed by atoms with van der Waals surface area (Å²) in [6.45, 7) is 10.4. The topological polar surface area (TPSA) is 34.3 Å². The van der Waals surface area contributed by atoms with Gasteiger partial charge < -0.3 is 10.3 Å². The fraction of sp³-hybridized carbons (Fsp3) is 0.481. The van der Waals surface area contributed by atoms with Crippen LogP contribution in [0, 0.1) is 5.92 Å². The van der Waals surface area contributed by atoms with Crippen molar-refractivity contribution in [2.45, 2.75) is 38.8 Å². The molecular formula is C27H38N4. The number of aromatic amines is 1. The Morgan fingerprint density at radius 3 is 2.58 bits per heavy atom. The van der Waals surface area contributed by atoms with Gasteiger partial charge in [0.05, 0.1) is 0 Å². The number of para-hydroxylation sites is 1. The number of benzene rings is 2. The van der Waals surface area contributed by atoms with E-state index in [2.05, 4.69) is 102 Å². The molecule has 0 amide bonds. The van der Waals surface area contributed by atoms with E-state index in [0.717, 1.165) is 45.6 Å². The van der Waals surface area contributed by atoms with Crippen molar-refractivity contribution in [3.8, 4) is 0 Å². The molecule has 1 aliphatic rings. The van der Waals surface area contributed by atoms with Crippen molar-refractivity contribution in [3.05, 3.63) is 71.9 Å². The number of nitrogens with zero attached hydrogens (tertiary/aromatic N) is 2. The third kappa shape index (κ3) is 5.38. The first-order valence-corrected chi connectivity index (χ1v) is 11.9. The summed E-state index contributed by atoms with van der Waals surface area (Å²) in [5.74, 6) is 0.651. The van der Waals surface area contributed by atoms with Gasteiger partial charge in [-0.25, -0.2) is 0 Å². The van der Waals surface area contributed by atoms with Crippen LogP contribution in [0.25, 0.3) is 10.9 Å². The summed E-state index contributed by atoms with van der Waals surface area (Å²) in [7, 11) is 2.08. The predicted molar refractivity (Wildman–Crippen MR) is 132 cm³/mol. The Morgan fingerprint density at radius 2 is 1.81 bits per heavy atom. The quantitative estimate of drug-likeness (QED) is 0.547. The number of hydrogen-bond acceptors (Lipinski definition) is 3. The van der Waals surface area contributed by atoms with E-state index in [9.17, 15) is 0 Å². The SMILES string of the molecule is CNC[C@H](Cc1ccccc1)N1CCN(CCc2c[nH]c3ccccc23)[C@H](C(C)C)C1. The van der Waals surface area contributed by atoms with Crippen molar-refractivity contribution in [2.75, 3.05) is 39.8 Å². The highest BCUT2D eigenvalue weighted by molar-refractivity contribution is 5.83. The molecule has 1 fully saturated rings. The maximum Gasteiger partial charge on any atom is 0.0456 e. The molecule has 4 nitrogen and oxygen atoms in total. The average Bonchev–Trinajstić information content (AvgIpc) is 3.21. The lowest BCUT2D eigenvalue weighted by molar-refractivity contribution is 0.0283. The normalized spacial score (nSPS) is 19.3. The zero-order chi connectivity index (χ0) is 21.6. The van der Waals surface area contributed by atoms with Crippen molar-refractivity contribution >= 4 is 10.9 Å². The molecule has 166 valence electrons. The standard InChI is InChI=1S/C27H38N4/c1-21(2)27-20-31(24(19-28-3)17-22-9-5-4-6-10-22)16-15-30(27)14-13-23-18-29-26-12-8-7-11-25(23)26/h4-12,18,21,24,27-29H,13-17,19-20H2,1-3H3/t24-,27-/m0/s1. The highest BCUT2D eigenvalue weighted by Gasteiger charge is 2.32. The van der Waals surface area contributed by atoms with Crippen LogP contribution in [0.2, 0.25) is 0 Å². The van der Waals surface area contributed by atoms with Crippen LogP contribution in [0.5, 0.6) is 0 Å². The molecular weight excluding hydrogens is 380 g/mol. The summed E-state index contributed by atoms with van der Waals surface area (Å²) < 4.78 is 0.